The smallest absolute Gasteiger partial charge is 0.255 e. The highest BCUT2D eigenvalue weighted by molar-refractivity contribution is 5.93. The molecule has 0 radical (unpaired) electrons. The topological polar surface area (TPSA) is 53.4 Å². The number of carbonyl (C=O) groups excluding carboxylic acids is 1. The molecule has 0 saturated carbocycles. The van der Waals surface area contributed by atoms with Crippen LogP contribution in [0.25, 0.3) is 0 Å². The molecule has 1 fully saturated rings. The monoisotopic (exact) mass is 220 g/mol. The number of hydrogen-bond acceptors (Lipinski definition) is 3. The van der Waals surface area contributed by atoms with Crippen LogP contribution in [-0.2, 0) is 0 Å². The zero-order valence-corrected chi connectivity index (χ0v) is 9.17. The van der Waals surface area contributed by atoms with Gasteiger partial charge < -0.3 is 10.0 Å². The third-order valence-electron chi connectivity index (χ3n) is 2.97. The van der Waals surface area contributed by atoms with Crippen LogP contribution in [0.1, 0.15) is 23.2 Å². The Kier molecular flexibility index (Phi) is 3.51. The first-order valence-electron chi connectivity index (χ1n) is 5.61. The standard InChI is InChI=1S/C12H16N2O2/c15-9-10-3-2-6-14(8-10)12(16)11-4-1-5-13-7-11/h1,4-5,7,10,15H,2-3,6,8-9H2/t10-/m1/s1. The van der Waals surface area contributed by atoms with Crippen molar-refractivity contribution in [1.29, 1.82) is 0 Å². The van der Waals surface area contributed by atoms with Gasteiger partial charge in [0.05, 0.1) is 5.56 Å². The van der Waals surface area contributed by atoms with Crippen molar-refractivity contribution in [2.24, 2.45) is 5.92 Å². The summed E-state index contributed by atoms with van der Waals surface area (Å²) in [5.74, 6) is 0.251. The number of likely N-dealkylation sites (tertiary alicyclic amines) is 1. The minimum Gasteiger partial charge on any atom is -0.396 e. The number of amides is 1. The SMILES string of the molecule is O=C(c1cccnc1)N1CCC[C@@H](CO)C1. The van der Waals surface area contributed by atoms with Gasteiger partial charge >= 0.3 is 0 Å². The van der Waals surface area contributed by atoms with E-state index in [0.29, 0.717) is 12.1 Å². The summed E-state index contributed by atoms with van der Waals surface area (Å²) in [6, 6.07) is 3.54. The summed E-state index contributed by atoms with van der Waals surface area (Å²) in [6.07, 6.45) is 5.22. The van der Waals surface area contributed by atoms with Crippen LogP contribution in [0.3, 0.4) is 0 Å². The van der Waals surface area contributed by atoms with Crippen LogP contribution in [0.2, 0.25) is 0 Å². The number of pyridine rings is 1. The fourth-order valence-electron chi connectivity index (χ4n) is 2.07. The van der Waals surface area contributed by atoms with Crippen molar-refractivity contribution in [2.75, 3.05) is 19.7 Å². The second kappa shape index (κ2) is 5.07. The van der Waals surface area contributed by atoms with Gasteiger partial charge in [-0.1, -0.05) is 0 Å². The summed E-state index contributed by atoms with van der Waals surface area (Å²) in [6.45, 7) is 1.60. The van der Waals surface area contributed by atoms with Gasteiger partial charge in [-0.15, -0.1) is 0 Å². The zero-order chi connectivity index (χ0) is 11.4. The Morgan fingerprint density at radius 2 is 2.50 bits per heavy atom. The van der Waals surface area contributed by atoms with E-state index in [1.54, 1.807) is 29.4 Å². The molecule has 86 valence electrons. The van der Waals surface area contributed by atoms with E-state index >= 15 is 0 Å². The molecule has 1 aliphatic rings. The van der Waals surface area contributed by atoms with Gasteiger partial charge in [-0.05, 0) is 30.9 Å². The molecule has 1 aromatic rings. The van der Waals surface area contributed by atoms with Gasteiger partial charge in [0.1, 0.15) is 0 Å². The van der Waals surface area contributed by atoms with E-state index in [0.717, 1.165) is 19.4 Å². The molecule has 0 aliphatic carbocycles. The van der Waals surface area contributed by atoms with E-state index in [1.807, 2.05) is 0 Å². The number of carbonyl (C=O) groups is 1. The minimum atomic E-state index is 0.0197. The molecule has 16 heavy (non-hydrogen) atoms. The van der Waals surface area contributed by atoms with Crippen molar-refractivity contribution in [3.05, 3.63) is 30.1 Å². The second-order valence-electron chi connectivity index (χ2n) is 4.18. The van der Waals surface area contributed by atoms with Crippen molar-refractivity contribution in [1.82, 2.24) is 9.88 Å². The molecule has 0 unspecified atom stereocenters. The third kappa shape index (κ3) is 2.39. The van der Waals surface area contributed by atoms with Crippen molar-refractivity contribution in [3.8, 4) is 0 Å². The van der Waals surface area contributed by atoms with E-state index in [2.05, 4.69) is 4.98 Å². The highest BCUT2D eigenvalue weighted by Crippen LogP contribution is 2.17. The van der Waals surface area contributed by atoms with Crippen molar-refractivity contribution >= 4 is 5.91 Å². The molecule has 4 nitrogen and oxygen atoms in total. The average molecular weight is 220 g/mol. The molecular formula is C12H16N2O2. The first-order valence-corrected chi connectivity index (χ1v) is 5.61. The lowest BCUT2D eigenvalue weighted by Gasteiger charge is -2.31. The van der Waals surface area contributed by atoms with Gasteiger partial charge in [0.15, 0.2) is 0 Å². The Bertz CT molecular complexity index is 353. The summed E-state index contributed by atoms with van der Waals surface area (Å²) in [7, 11) is 0. The Morgan fingerprint density at radius 3 is 3.19 bits per heavy atom. The van der Waals surface area contributed by atoms with Crippen LogP contribution in [0, 0.1) is 5.92 Å². The summed E-state index contributed by atoms with van der Waals surface area (Å²) < 4.78 is 0. The predicted molar refractivity (Wildman–Crippen MR) is 60.0 cm³/mol. The molecule has 2 heterocycles. The molecule has 4 heteroatoms. The lowest BCUT2D eigenvalue weighted by Crippen LogP contribution is -2.40. The summed E-state index contributed by atoms with van der Waals surface area (Å²) in [4.78, 5) is 17.8. The molecule has 1 aromatic heterocycles. The zero-order valence-electron chi connectivity index (χ0n) is 9.17. The maximum atomic E-state index is 12.1. The van der Waals surface area contributed by atoms with Crippen LogP contribution < -0.4 is 0 Å². The van der Waals surface area contributed by atoms with Crippen molar-refractivity contribution < 1.29 is 9.90 Å². The highest BCUT2D eigenvalue weighted by Gasteiger charge is 2.23. The van der Waals surface area contributed by atoms with E-state index in [4.69, 9.17) is 5.11 Å². The maximum Gasteiger partial charge on any atom is 0.255 e. The Balaban J connectivity index is 2.05. The number of aromatic nitrogens is 1. The van der Waals surface area contributed by atoms with E-state index in [9.17, 15) is 4.79 Å². The summed E-state index contributed by atoms with van der Waals surface area (Å²) >= 11 is 0. The van der Waals surface area contributed by atoms with Crippen LogP contribution in [0.5, 0.6) is 0 Å². The van der Waals surface area contributed by atoms with Gasteiger partial charge in [0.25, 0.3) is 5.91 Å². The molecule has 1 amide bonds. The van der Waals surface area contributed by atoms with Gasteiger partial charge in [0, 0.05) is 32.1 Å². The molecule has 0 bridgehead atoms. The Hall–Kier alpha value is -1.42. The number of rotatable bonds is 2. The molecule has 1 atom stereocenters. The average Bonchev–Trinajstić information content (AvgIpc) is 2.39. The highest BCUT2D eigenvalue weighted by atomic mass is 16.3. The van der Waals surface area contributed by atoms with Crippen LogP contribution in [-0.4, -0.2) is 40.6 Å². The molecule has 1 saturated heterocycles. The van der Waals surface area contributed by atoms with Gasteiger partial charge in [-0.3, -0.25) is 9.78 Å². The van der Waals surface area contributed by atoms with E-state index < -0.39 is 0 Å². The Labute approximate surface area is 94.9 Å². The molecule has 1 aliphatic heterocycles. The number of nitrogens with zero attached hydrogens (tertiary/aromatic N) is 2. The van der Waals surface area contributed by atoms with Gasteiger partial charge in [0.2, 0.25) is 0 Å². The summed E-state index contributed by atoms with van der Waals surface area (Å²) in [5.41, 5.74) is 0.626. The number of hydrogen-bond donors (Lipinski definition) is 1. The van der Waals surface area contributed by atoms with Crippen LogP contribution in [0.4, 0.5) is 0 Å². The summed E-state index contributed by atoms with van der Waals surface area (Å²) in [5, 5.41) is 9.11. The second-order valence-corrected chi connectivity index (χ2v) is 4.18. The largest absolute Gasteiger partial charge is 0.396 e. The lowest BCUT2D eigenvalue weighted by molar-refractivity contribution is 0.0620. The van der Waals surface area contributed by atoms with Crippen molar-refractivity contribution in [3.63, 3.8) is 0 Å². The van der Waals surface area contributed by atoms with Gasteiger partial charge in [-0.2, -0.15) is 0 Å². The van der Waals surface area contributed by atoms with E-state index in [1.165, 1.54) is 0 Å². The normalized spacial score (nSPS) is 20.8. The molecule has 0 aromatic carbocycles. The fraction of sp³-hybridized carbons (Fsp3) is 0.500. The first-order chi connectivity index (χ1) is 7.81. The molecule has 1 N–H and O–H groups in total. The molecule has 0 spiro atoms. The lowest BCUT2D eigenvalue weighted by atomic mass is 9.98. The number of aliphatic hydroxyl groups is 1. The predicted octanol–water partition coefficient (Wildman–Crippen LogP) is 0.926. The number of piperidine rings is 1. The Morgan fingerprint density at radius 1 is 1.62 bits per heavy atom. The van der Waals surface area contributed by atoms with Crippen LogP contribution in [0.15, 0.2) is 24.5 Å². The fourth-order valence-corrected chi connectivity index (χ4v) is 2.07. The first kappa shape index (κ1) is 11.1. The quantitative estimate of drug-likeness (QED) is 0.806. The minimum absolute atomic E-state index is 0.0197. The third-order valence-corrected chi connectivity index (χ3v) is 2.97. The van der Waals surface area contributed by atoms with Gasteiger partial charge in [-0.25, -0.2) is 0 Å². The number of aliphatic hydroxyl groups excluding tert-OH is 1. The van der Waals surface area contributed by atoms with E-state index in [-0.39, 0.29) is 18.4 Å². The molecule has 2 rings (SSSR count). The molecular weight excluding hydrogens is 204 g/mol. The maximum absolute atomic E-state index is 12.1. The van der Waals surface area contributed by atoms with Crippen LogP contribution >= 0.6 is 0 Å². The van der Waals surface area contributed by atoms with Crippen molar-refractivity contribution in [2.45, 2.75) is 12.8 Å².